The molecular weight excluding hydrogens is 248 g/mol. The van der Waals surface area contributed by atoms with E-state index in [0.29, 0.717) is 13.1 Å². The molecule has 18 heavy (non-hydrogen) atoms. The first-order chi connectivity index (χ1) is 8.61. The van der Waals surface area contributed by atoms with Crippen molar-refractivity contribution >= 4 is 23.1 Å². The molecule has 4 nitrogen and oxygen atoms in total. The van der Waals surface area contributed by atoms with Crippen molar-refractivity contribution in [2.24, 2.45) is 5.73 Å². The van der Waals surface area contributed by atoms with Gasteiger partial charge in [0.05, 0.1) is 11.6 Å². The Morgan fingerprint density at radius 1 is 1.44 bits per heavy atom. The molecule has 0 aliphatic heterocycles. The molecule has 1 aromatic carbocycles. The van der Waals surface area contributed by atoms with E-state index in [9.17, 15) is 4.79 Å². The Morgan fingerprint density at radius 3 is 2.50 bits per heavy atom. The standard InChI is InChI=1S/C13H18N2O2S/c1-2-15(8-9-16)13(17)11(12(14)18)10-6-4-3-5-7-10/h3-7,11,16H,2,8-9H2,1H3,(H2,14,18). The topological polar surface area (TPSA) is 66.6 Å². The van der Waals surface area contributed by atoms with Gasteiger partial charge in [-0.15, -0.1) is 0 Å². The van der Waals surface area contributed by atoms with Crippen LogP contribution in [0.3, 0.4) is 0 Å². The molecule has 3 N–H and O–H groups in total. The summed E-state index contributed by atoms with van der Waals surface area (Å²) in [6.45, 7) is 2.60. The highest BCUT2D eigenvalue weighted by Crippen LogP contribution is 2.19. The minimum absolute atomic E-state index is 0.0710. The van der Waals surface area contributed by atoms with Crippen molar-refractivity contribution in [1.29, 1.82) is 0 Å². The molecule has 0 aliphatic carbocycles. The average Bonchev–Trinajstić information content (AvgIpc) is 2.36. The Bertz CT molecular complexity index is 409. The Kier molecular flexibility index (Phi) is 5.74. The van der Waals surface area contributed by atoms with Crippen molar-refractivity contribution in [3.8, 4) is 0 Å². The molecule has 0 aliphatic rings. The summed E-state index contributed by atoms with van der Waals surface area (Å²) in [5, 5.41) is 8.95. The van der Waals surface area contributed by atoms with Crippen LogP contribution in [-0.2, 0) is 4.79 Å². The third-order valence-electron chi connectivity index (χ3n) is 2.73. The Hall–Kier alpha value is -1.46. The molecule has 0 radical (unpaired) electrons. The summed E-state index contributed by atoms with van der Waals surface area (Å²) in [5.41, 5.74) is 6.46. The number of carbonyl (C=O) groups is 1. The predicted octanol–water partition coefficient (Wildman–Crippen LogP) is 0.897. The van der Waals surface area contributed by atoms with Gasteiger partial charge < -0.3 is 15.7 Å². The summed E-state index contributed by atoms with van der Waals surface area (Å²) >= 11 is 4.99. The van der Waals surface area contributed by atoms with Gasteiger partial charge in [-0.05, 0) is 12.5 Å². The lowest BCUT2D eigenvalue weighted by Gasteiger charge is -2.25. The van der Waals surface area contributed by atoms with Gasteiger partial charge in [0.1, 0.15) is 5.92 Å². The third kappa shape index (κ3) is 3.51. The van der Waals surface area contributed by atoms with E-state index in [-0.39, 0.29) is 17.5 Å². The fourth-order valence-corrected chi connectivity index (χ4v) is 2.04. The molecule has 1 aromatic rings. The van der Waals surface area contributed by atoms with Crippen molar-refractivity contribution in [3.63, 3.8) is 0 Å². The number of aliphatic hydroxyl groups is 1. The second kappa shape index (κ2) is 7.08. The first kappa shape index (κ1) is 14.6. The second-order valence-corrected chi connectivity index (χ2v) is 4.36. The molecular formula is C13H18N2O2S. The molecule has 1 unspecified atom stereocenters. The first-order valence-electron chi connectivity index (χ1n) is 5.85. The predicted molar refractivity (Wildman–Crippen MR) is 75.3 cm³/mol. The van der Waals surface area contributed by atoms with Crippen LogP contribution in [0.1, 0.15) is 18.4 Å². The van der Waals surface area contributed by atoms with Crippen LogP contribution in [0.4, 0.5) is 0 Å². The molecule has 1 rings (SSSR count). The maximum atomic E-state index is 12.4. The number of benzene rings is 1. The van der Waals surface area contributed by atoms with Crippen molar-refractivity contribution in [3.05, 3.63) is 35.9 Å². The smallest absolute Gasteiger partial charge is 0.237 e. The lowest BCUT2D eigenvalue weighted by molar-refractivity contribution is -0.131. The molecule has 5 heteroatoms. The van der Waals surface area contributed by atoms with E-state index in [1.165, 1.54) is 0 Å². The van der Waals surface area contributed by atoms with E-state index >= 15 is 0 Å². The monoisotopic (exact) mass is 266 g/mol. The minimum Gasteiger partial charge on any atom is -0.395 e. The fourth-order valence-electron chi connectivity index (χ4n) is 1.80. The van der Waals surface area contributed by atoms with E-state index in [1.54, 1.807) is 4.90 Å². The molecule has 0 fully saturated rings. The van der Waals surface area contributed by atoms with Crippen LogP contribution in [0.25, 0.3) is 0 Å². The molecule has 98 valence electrons. The van der Waals surface area contributed by atoms with Crippen LogP contribution in [-0.4, -0.2) is 40.6 Å². The quantitative estimate of drug-likeness (QED) is 0.751. The Labute approximate surface area is 112 Å². The maximum Gasteiger partial charge on any atom is 0.237 e. The van der Waals surface area contributed by atoms with Crippen LogP contribution in [0.15, 0.2) is 30.3 Å². The highest BCUT2D eigenvalue weighted by molar-refractivity contribution is 7.80. The maximum absolute atomic E-state index is 12.4. The molecule has 1 amide bonds. The SMILES string of the molecule is CCN(CCO)C(=O)C(C(N)=S)c1ccccc1. The van der Waals surface area contributed by atoms with Gasteiger partial charge in [0.15, 0.2) is 0 Å². The van der Waals surface area contributed by atoms with Gasteiger partial charge in [0, 0.05) is 13.1 Å². The van der Waals surface area contributed by atoms with Crippen molar-refractivity contribution < 1.29 is 9.90 Å². The normalized spacial score (nSPS) is 11.9. The second-order valence-electron chi connectivity index (χ2n) is 3.89. The largest absolute Gasteiger partial charge is 0.395 e. The lowest BCUT2D eigenvalue weighted by atomic mass is 9.97. The molecule has 0 saturated carbocycles. The fraction of sp³-hybridized carbons (Fsp3) is 0.385. The summed E-state index contributed by atoms with van der Waals surface area (Å²) < 4.78 is 0. The highest BCUT2D eigenvalue weighted by atomic mass is 32.1. The number of likely N-dealkylation sites (N-methyl/N-ethyl adjacent to an activating group) is 1. The number of nitrogens with two attached hydrogens (primary N) is 1. The number of amides is 1. The first-order valence-corrected chi connectivity index (χ1v) is 6.26. The van der Waals surface area contributed by atoms with Gasteiger partial charge in [-0.3, -0.25) is 4.79 Å². The van der Waals surface area contributed by atoms with Crippen LogP contribution >= 0.6 is 12.2 Å². The summed E-state index contributed by atoms with van der Waals surface area (Å²) in [6.07, 6.45) is 0. The van der Waals surface area contributed by atoms with Gasteiger partial charge in [0.25, 0.3) is 0 Å². The number of rotatable bonds is 6. The molecule has 0 saturated heterocycles. The summed E-state index contributed by atoms with van der Waals surface area (Å²) in [7, 11) is 0. The highest BCUT2D eigenvalue weighted by Gasteiger charge is 2.27. The molecule has 0 aromatic heterocycles. The van der Waals surface area contributed by atoms with Crippen LogP contribution in [0.5, 0.6) is 0 Å². The molecule has 1 atom stereocenters. The summed E-state index contributed by atoms with van der Waals surface area (Å²) in [4.78, 5) is 14.1. The Balaban J connectivity index is 2.99. The lowest BCUT2D eigenvalue weighted by Crippen LogP contribution is -2.41. The van der Waals surface area contributed by atoms with E-state index in [0.717, 1.165) is 5.56 Å². The van der Waals surface area contributed by atoms with Gasteiger partial charge in [-0.1, -0.05) is 42.5 Å². The van der Waals surface area contributed by atoms with Gasteiger partial charge in [0.2, 0.25) is 5.91 Å². The van der Waals surface area contributed by atoms with E-state index in [2.05, 4.69) is 0 Å². The van der Waals surface area contributed by atoms with Crippen LogP contribution in [0.2, 0.25) is 0 Å². The van der Waals surface area contributed by atoms with Crippen molar-refractivity contribution in [2.45, 2.75) is 12.8 Å². The number of aliphatic hydroxyl groups excluding tert-OH is 1. The zero-order valence-electron chi connectivity index (χ0n) is 10.4. The van der Waals surface area contributed by atoms with Crippen LogP contribution in [0, 0.1) is 0 Å². The van der Waals surface area contributed by atoms with Gasteiger partial charge >= 0.3 is 0 Å². The Morgan fingerprint density at radius 2 is 2.06 bits per heavy atom. The van der Waals surface area contributed by atoms with E-state index in [1.807, 2.05) is 37.3 Å². The third-order valence-corrected chi connectivity index (χ3v) is 2.96. The number of thiocarbonyl (C=S) groups is 1. The zero-order valence-corrected chi connectivity index (χ0v) is 11.2. The molecule has 0 spiro atoms. The van der Waals surface area contributed by atoms with Gasteiger partial charge in [-0.2, -0.15) is 0 Å². The zero-order chi connectivity index (χ0) is 13.5. The van der Waals surface area contributed by atoms with Crippen LogP contribution < -0.4 is 5.73 Å². The number of nitrogens with zero attached hydrogens (tertiary/aromatic N) is 1. The van der Waals surface area contributed by atoms with Crippen molar-refractivity contribution in [1.82, 2.24) is 4.90 Å². The van der Waals surface area contributed by atoms with E-state index < -0.39 is 5.92 Å². The van der Waals surface area contributed by atoms with Gasteiger partial charge in [-0.25, -0.2) is 0 Å². The van der Waals surface area contributed by atoms with E-state index in [4.69, 9.17) is 23.1 Å². The summed E-state index contributed by atoms with van der Waals surface area (Å²) in [6, 6.07) is 9.21. The minimum atomic E-state index is -0.618. The molecule has 0 heterocycles. The number of hydrogen-bond acceptors (Lipinski definition) is 3. The number of carbonyl (C=O) groups excluding carboxylic acids is 1. The average molecular weight is 266 g/mol. The summed E-state index contributed by atoms with van der Waals surface area (Å²) in [5.74, 6) is -0.780. The molecule has 0 bridgehead atoms. The van der Waals surface area contributed by atoms with Crippen molar-refractivity contribution in [2.75, 3.05) is 19.7 Å². The number of hydrogen-bond donors (Lipinski definition) is 2.